The van der Waals surface area contributed by atoms with E-state index in [9.17, 15) is 9.59 Å². The van der Waals surface area contributed by atoms with Crippen LogP contribution in [0.1, 0.15) is 30.9 Å². The largest absolute Gasteiger partial charge is 0.325 e. The van der Waals surface area contributed by atoms with Crippen molar-refractivity contribution in [2.75, 3.05) is 25.5 Å². The van der Waals surface area contributed by atoms with E-state index in [4.69, 9.17) is 0 Å². The van der Waals surface area contributed by atoms with Crippen molar-refractivity contribution in [3.8, 4) is 0 Å². The third-order valence-corrected chi connectivity index (χ3v) is 4.66. The van der Waals surface area contributed by atoms with Crippen LogP contribution in [-0.4, -0.2) is 49.1 Å². The van der Waals surface area contributed by atoms with Gasteiger partial charge in [0.05, 0.1) is 6.04 Å². The average molecular weight is 332 g/mol. The maximum absolute atomic E-state index is 12.3. The zero-order valence-corrected chi connectivity index (χ0v) is 15.0. The minimum absolute atomic E-state index is 0.269. The van der Waals surface area contributed by atoms with Gasteiger partial charge in [0.25, 0.3) is 0 Å². The summed E-state index contributed by atoms with van der Waals surface area (Å²) in [6, 6.07) is 5.36. The fraction of sp³-hybridized carbons (Fsp3) is 0.556. The second-order valence-corrected chi connectivity index (χ2v) is 6.56. The Morgan fingerprint density at radius 3 is 2.71 bits per heavy atom. The van der Waals surface area contributed by atoms with Crippen molar-refractivity contribution >= 4 is 17.6 Å². The third-order valence-electron chi connectivity index (χ3n) is 4.66. The van der Waals surface area contributed by atoms with Gasteiger partial charge in [-0.05, 0) is 58.8 Å². The third kappa shape index (κ3) is 4.79. The summed E-state index contributed by atoms with van der Waals surface area (Å²) in [6.07, 6.45) is 2.17. The summed E-state index contributed by atoms with van der Waals surface area (Å²) in [7, 11) is 1.94. The van der Waals surface area contributed by atoms with Gasteiger partial charge in [-0.15, -0.1) is 0 Å². The van der Waals surface area contributed by atoms with E-state index < -0.39 is 6.03 Å². The zero-order valence-electron chi connectivity index (χ0n) is 15.0. The highest BCUT2D eigenvalue weighted by atomic mass is 16.2. The maximum atomic E-state index is 12.3. The molecule has 0 aliphatic carbocycles. The standard InChI is InChI=1S/C18H28N4O2/c1-12-7-8-16(13(2)10-12)20-18(24)21-17(23)14(3)22-9-5-6-15(11-22)19-4/h7-8,10,14-15,19H,5-6,9,11H2,1-4H3,(H2,20,21,23,24). The number of rotatable bonds is 4. The van der Waals surface area contributed by atoms with Crippen LogP contribution in [0.15, 0.2) is 18.2 Å². The molecule has 0 aromatic heterocycles. The lowest BCUT2D eigenvalue weighted by molar-refractivity contribution is -0.125. The lowest BCUT2D eigenvalue weighted by Crippen LogP contribution is -2.53. The van der Waals surface area contributed by atoms with E-state index in [1.54, 1.807) is 0 Å². The number of urea groups is 1. The van der Waals surface area contributed by atoms with Gasteiger partial charge < -0.3 is 10.6 Å². The number of carbonyl (C=O) groups is 2. The van der Waals surface area contributed by atoms with E-state index in [0.717, 1.165) is 37.1 Å². The summed E-state index contributed by atoms with van der Waals surface area (Å²) < 4.78 is 0. The number of nitrogens with zero attached hydrogens (tertiary/aromatic N) is 1. The molecule has 1 heterocycles. The van der Waals surface area contributed by atoms with Gasteiger partial charge in [0.1, 0.15) is 0 Å². The number of piperidine rings is 1. The van der Waals surface area contributed by atoms with Crippen LogP contribution in [0, 0.1) is 13.8 Å². The molecule has 1 saturated heterocycles. The molecule has 6 heteroatoms. The van der Waals surface area contributed by atoms with Crippen LogP contribution in [0.2, 0.25) is 0 Å². The molecule has 3 amide bonds. The predicted octanol–water partition coefficient (Wildman–Crippen LogP) is 2.02. The topological polar surface area (TPSA) is 73.5 Å². The minimum Gasteiger partial charge on any atom is -0.316 e. The first-order valence-electron chi connectivity index (χ1n) is 8.51. The van der Waals surface area contributed by atoms with Gasteiger partial charge in [-0.3, -0.25) is 15.0 Å². The number of imide groups is 1. The number of likely N-dealkylation sites (N-methyl/N-ethyl adjacent to an activating group) is 1. The molecule has 2 rings (SSSR count). The summed E-state index contributed by atoms with van der Waals surface area (Å²) in [6.45, 7) is 7.48. The SMILES string of the molecule is CNC1CCCN(C(C)C(=O)NC(=O)Nc2ccc(C)cc2C)C1. The Kier molecular flexibility index (Phi) is 6.34. The summed E-state index contributed by atoms with van der Waals surface area (Å²) in [5.74, 6) is -0.269. The van der Waals surface area contributed by atoms with Crippen molar-refractivity contribution in [1.82, 2.24) is 15.5 Å². The lowest BCUT2D eigenvalue weighted by Gasteiger charge is -2.35. The van der Waals surface area contributed by atoms with Crippen LogP contribution < -0.4 is 16.0 Å². The van der Waals surface area contributed by atoms with Gasteiger partial charge in [0.2, 0.25) is 5.91 Å². The normalized spacial score (nSPS) is 19.6. The van der Waals surface area contributed by atoms with Gasteiger partial charge in [0, 0.05) is 18.3 Å². The second-order valence-electron chi connectivity index (χ2n) is 6.56. The number of carbonyl (C=O) groups excluding carboxylic acids is 2. The molecule has 0 spiro atoms. The minimum atomic E-state index is -0.485. The van der Waals surface area contributed by atoms with Crippen molar-refractivity contribution in [2.24, 2.45) is 0 Å². The molecule has 3 N–H and O–H groups in total. The fourth-order valence-corrected chi connectivity index (χ4v) is 3.08. The van der Waals surface area contributed by atoms with Crippen LogP contribution >= 0.6 is 0 Å². The highest BCUT2D eigenvalue weighted by Crippen LogP contribution is 2.16. The predicted molar refractivity (Wildman–Crippen MR) is 96.2 cm³/mol. The molecule has 0 saturated carbocycles. The second kappa shape index (κ2) is 8.26. The monoisotopic (exact) mass is 332 g/mol. The first-order chi connectivity index (χ1) is 11.4. The molecule has 0 bridgehead atoms. The molecule has 1 aliphatic rings. The number of anilines is 1. The number of amides is 3. The van der Waals surface area contributed by atoms with Gasteiger partial charge in [0.15, 0.2) is 0 Å². The molecular formula is C18H28N4O2. The van der Waals surface area contributed by atoms with Crippen LogP contribution in [0.5, 0.6) is 0 Å². The summed E-state index contributed by atoms with van der Waals surface area (Å²) >= 11 is 0. The molecular weight excluding hydrogens is 304 g/mol. The molecule has 1 aliphatic heterocycles. The molecule has 0 radical (unpaired) electrons. The Bertz CT molecular complexity index is 603. The Balaban J connectivity index is 1.89. The van der Waals surface area contributed by atoms with Crippen LogP contribution in [0.3, 0.4) is 0 Å². The van der Waals surface area contributed by atoms with Gasteiger partial charge >= 0.3 is 6.03 Å². The summed E-state index contributed by atoms with van der Waals surface area (Å²) in [5, 5.41) is 8.45. The molecule has 1 aromatic carbocycles. The molecule has 2 unspecified atom stereocenters. The van der Waals surface area contributed by atoms with Gasteiger partial charge in [-0.1, -0.05) is 17.7 Å². The first kappa shape index (κ1) is 18.4. The molecule has 24 heavy (non-hydrogen) atoms. The van der Waals surface area contributed by atoms with E-state index in [1.807, 2.05) is 46.0 Å². The van der Waals surface area contributed by atoms with Gasteiger partial charge in [-0.2, -0.15) is 0 Å². The van der Waals surface area contributed by atoms with Crippen molar-refractivity contribution in [3.05, 3.63) is 29.3 Å². The highest BCUT2D eigenvalue weighted by molar-refractivity contribution is 6.03. The van der Waals surface area contributed by atoms with Crippen LogP contribution in [-0.2, 0) is 4.79 Å². The lowest BCUT2D eigenvalue weighted by atomic mass is 10.0. The number of hydrogen-bond donors (Lipinski definition) is 3. The Labute approximate surface area is 144 Å². The van der Waals surface area contributed by atoms with Crippen molar-refractivity contribution < 1.29 is 9.59 Å². The Morgan fingerprint density at radius 1 is 1.29 bits per heavy atom. The first-order valence-corrected chi connectivity index (χ1v) is 8.51. The van der Waals surface area contributed by atoms with E-state index in [2.05, 4.69) is 20.9 Å². The fourth-order valence-electron chi connectivity index (χ4n) is 3.08. The molecule has 1 aromatic rings. The number of hydrogen-bond acceptors (Lipinski definition) is 4. The van der Waals surface area contributed by atoms with Crippen molar-refractivity contribution in [1.29, 1.82) is 0 Å². The number of benzene rings is 1. The number of aryl methyl sites for hydroxylation is 2. The van der Waals surface area contributed by atoms with Gasteiger partial charge in [-0.25, -0.2) is 4.79 Å². The Morgan fingerprint density at radius 2 is 2.04 bits per heavy atom. The van der Waals surface area contributed by atoms with E-state index in [-0.39, 0.29) is 11.9 Å². The number of nitrogens with one attached hydrogen (secondary N) is 3. The highest BCUT2D eigenvalue weighted by Gasteiger charge is 2.27. The zero-order chi connectivity index (χ0) is 17.7. The molecule has 132 valence electrons. The maximum Gasteiger partial charge on any atom is 0.325 e. The summed E-state index contributed by atoms with van der Waals surface area (Å²) in [4.78, 5) is 26.6. The van der Waals surface area contributed by atoms with Crippen LogP contribution in [0.4, 0.5) is 10.5 Å². The molecule has 2 atom stereocenters. The summed E-state index contributed by atoms with van der Waals surface area (Å²) in [5.41, 5.74) is 2.82. The smallest absolute Gasteiger partial charge is 0.316 e. The Hall–Kier alpha value is -1.92. The van der Waals surface area contributed by atoms with Crippen LogP contribution in [0.25, 0.3) is 0 Å². The average Bonchev–Trinajstić information content (AvgIpc) is 2.56. The number of likely N-dealkylation sites (tertiary alicyclic amines) is 1. The van der Waals surface area contributed by atoms with Crippen molar-refractivity contribution in [3.63, 3.8) is 0 Å². The van der Waals surface area contributed by atoms with E-state index in [1.165, 1.54) is 0 Å². The quantitative estimate of drug-likeness (QED) is 0.789. The molecule has 1 fully saturated rings. The van der Waals surface area contributed by atoms with E-state index in [0.29, 0.717) is 11.7 Å². The molecule has 6 nitrogen and oxygen atoms in total. The van der Waals surface area contributed by atoms with Crippen molar-refractivity contribution in [2.45, 2.75) is 45.7 Å². The van der Waals surface area contributed by atoms with E-state index >= 15 is 0 Å².